The van der Waals surface area contributed by atoms with Crippen LogP contribution in [0.3, 0.4) is 0 Å². The van der Waals surface area contributed by atoms with Crippen molar-refractivity contribution >= 4 is 34.5 Å². The Morgan fingerprint density at radius 3 is 2.61 bits per heavy atom. The van der Waals surface area contributed by atoms with Gasteiger partial charge >= 0.3 is 5.97 Å². The molecule has 1 aromatic heterocycles. The summed E-state index contributed by atoms with van der Waals surface area (Å²) in [6, 6.07) is 2.69. The minimum Gasteiger partial charge on any atom is -0.477 e. The molecule has 33 heavy (non-hydrogen) atoms. The number of piperidine rings is 1. The first-order chi connectivity index (χ1) is 16.0. The van der Waals surface area contributed by atoms with Crippen LogP contribution in [0.25, 0.3) is 5.57 Å². The maximum atomic E-state index is 11.6. The van der Waals surface area contributed by atoms with Crippen molar-refractivity contribution in [2.45, 2.75) is 96.4 Å². The van der Waals surface area contributed by atoms with Crippen LogP contribution in [0.1, 0.15) is 105 Å². The molecular weight excluding hydrogens is 432 g/mol. The third kappa shape index (κ3) is 6.40. The van der Waals surface area contributed by atoms with Crippen molar-refractivity contribution in [2.75, 3.05) is 18.4 Å². The zero-order chi connectivity index (χ0) is 23.2. The standard InChI is InChI=1S/C19H27NO2S.C8H13NO/c1-13-7-9-14(10-8-13)12-20-16-11-17(23-18(16)19(21)22)15-5-3-2-4-6-15;10-8-5-4-7-3-1-2-6-9(7)8/h5,11,13-14,20H,2-4,6-10,12H2,1H3,(H,21,22);7H,1-6H2. The van der Waals surface area contributed by atoms with Crippen LogP contribution >= 0.6 is 11.3 Å². The number of hydrogen-bond donors (Lipinski definition) is 2. The fourth-order valence-corrected chi connectivity index (χ4v) is 6.79. The van der Waals surface area contributed by atoms with Crippen molar-refractivity contribution < 1.29 is 14.7 Å². The molecule has 2 N–H and O–H groups in total. The quantitative estimate of drug-likeness (QED) is 0.494. The molecule has 2 saturated heterocycles. The summed E-state index contributed by atoms with van der Waals surface area (Å²) in [6.07, 6.45) is 17.8. The van der Waals surface area contributed by atoms with Crippen molar-refractivity contribution in [1.29, 1.82) is 0 Å². The molecule has 5 rings (SSSR count). The molecule has 1 saturated carbocycles. The summed E-state index contributed by atoms with van der Waals surface area (Å²) in [5.41, 5.74) is 2.16. The number of thiophene rings is 1. The molecule has 1 amide bonds. The Morgan fingerprint density at radius 2 is 1.91 bits per heavy atom. The molecule has 4 aliphatic rings. The molecule has 2 aliphatic carbocycles. The summed E-state index contributed by atoms with van der Waals surface area (Å²) >= 11 is 1.43. The molecule has 3 heterocycles. The largest absolute Gasteiger partial charge is 0.477 e. The van der Waals surface area contributed by atoms with Gasteiger partial charge in [0.15, 0.2) is 0 Å². The number of amides is 1. The lowest BCUT2D eigenvalue weighted by molar-refractivity contribution is -0.129. The molecule has 1 aromatic rings. The number of carbonyl (C=O) groups is 2. The first-order valence-electron chi connectivity index (χ1n) is 13.1. The van der Waals surface area contributed by atoms with Crippen LogP contribution < -0.4 is 5.32 Å². The molecule has 1 atom stereocenters. The van der Waals surface area contributed by atoms with E-state index in [0.29, 0.717) is 22.7 Å². The summed E-state index contributed by atoms with van der Waals surface area (Å²) in [4.78, 5) is 26.4. The zero-order valence-corrected chi connectivity index (χ0v) is 20.9. The first-order valence-corrected chi connectivity index (χ1v) is 13.9. The van der Waals surface area contributed by atoms with E-state index in [2.05, 4.69) is 29.3 Å². The lowest BCUT2D eigenvalue weighted by Crippen LogP contribution is -2.36. The molecule has 1 unspecified atom stereocenters. The zero-order valence-electron chi connectivity index (χ0n) is 20.1. The third-order valence-corrected chi connectivity index (χ3v) is 9.09. The highest BCUT2D eigenvalue weighted by Crippen LogP contribution is 2.37. The first kappa shape index (κ1) is 24.3. The van der Waals surface area contributed by atoms with Crippen molar-refractivity contribution in [3.63, 3.8) is 0 Å². The monoisotopic (exact) mass is 472 g/mol. The van der Waals surface area contributed by atoms with Crippen molar-refractivity contribution in [1.82, 2.24) is 4.90 Å². The molecule has 0 spiro atoms. The van der Waals surface area contributed by atoms with E-state index in [1.165, 1.54) is 74.7 Å². The summed E-state index contributed by atoms with van der Waals surface area (Å²) in [5, 5.41) is 12.9. The smallest absolute Gasteiger partial charge is 0.348 e. The van der Waals surface area contributed by atoms with Crippen LogP contribution in [0, 0.1) is 11.8 Å². The van der Waals surface area contributed by atoms with Crippen molar-refractivity contribution in [3.8, 4) is 0 Å². The second-order valence-corrected chi connectivity index (χ2v) is 11.5. The minimum atomic E-state index is -0.808. The van der Waals surface area contributed by atoms with Gasteiger partial charge < -0.3 is 15.3 Å². The number of nitrogens with one attached hydrogen (secondary N) is 1. The molecule has 0 aromatic carbocycles. The van der Waals surface area contributed by atoms with Gasteiger partial charge in [-0.3, -0.25) is 4.79 Å². The maximum Gasteiger partial charge on any atom is 0.348 e. The fraction of sp³-hybridized carbons (Fsp3) is 0.704. The molecule has 6 heteroatoms. The van der Waals surface area contributed by atoms with E-state index in [-0.39, 0.29) is 0 Å². The topological polar surface area (TPSA) is 69.6 Å². The second-order valence-electron chi connectivity index (χ2n) is 10.4. The molecule has 3 fully saturated rings. The van der Waals surface area contributed by atoms with E-state index < -0.39 is 5.97 Å². The van der Waals surface area contributed by atoms with E-state index in [0.717, 1.165) is 55.3 Å². The van der Waals surface area contributed by atoms with Gasteiger partial charge in [-0.2, -0.15) is 0 Å². The van der Waals surface area contributed by atoms with E-state index in [1.807, 2.05) is 0 Å². The maximum absolute atomic E-state index is 11.6. The minimum absolute atomic E-state index is 0.393. The highest BCUT2D eigenvalue weighted by Gasteiger charge is 2.32. The predicted molar refractivity (Wildman–Crippen MR) is 136 cm³/mol. The van der Waals surface area contributed by atoms with Gasteiger partial charge in [-0.25, -0.2) is 4.79 Å². The molecule has 0 radical (unpaired) electrons. The molecule has 2 aliphatic heterocycles. The van der Waals surface area contributed by atoms with Crippen LogP contribution in [-0.4, -0.2) is 41.0 Å². The number of carboxylic acid groups (broad SMARTS) is 1. The molecule has 182 valence electrons. The van der Waals surface area contributed by atoms with Crippen LogP contribution in [0.15, 0.2) is 12.1 Å². The number of allylic oxidation sites excluding steroid dienone is 2. The second kappa shape index (κ2) is 11.5. The van der Waals surface area contributed by atoms with E-state index in [1.54, 1.807) is 0 Å². The van der Waals surface area contributed by atoms with Gasteiger partial charge in [-0.1, -0.05) is 25.8 Å². The highest BCUT2D eigenvalue weighted by molar-refractivity contribution is 7.15. The highest BCUT2D eigenvalue weighted by atomic mass is 32.1. The average molecular weight is 473 g/mol. The van der Waals surface area contributed by atoms with Gasteiger partial charge in [-0.05, 0) is 87.7 Å². The third-order valence-electron chi connectivity index (χ3n) is 7.89. The van der Waals surface area contributed by atoms with E-state index >= 15 is 0 Å². The Bertz CT molecular complexity index is 854. The van der Waals surface area contributed by atoms with Crippen molar-refractivity contribution in [2.24, 2.45) is 11.8 Å². The predicted octanol–water partition coefficient (Wildman–Crippen LogP) is 6.80. The van der Waals surface area contributed by atoms with Crippen LogP contribution in [-0.2, 0) is 4.79 Å². The molecule has 5 nitrogen and oxygen atoms in total. The van der Waals surface area contributed by atoms with Gasteiger partial charge in [0.2, 0.25) is 5.91 Å². The van der Waals surface area contributed by atoms with Crippen molar-refractivity contribution in [3.05, 3.63) is 21.9 Å². The number of rotatable bonds is 5. The molecule has 0 bridgehead atoms. The van der Waals surface area contributed by atoms with Gasteiger partial charge in [0.1, 0.15) is 4.88 Å². The number of nitrogens with zero attached hydrogens (tertiary/aromatic N) is 1. The van der Waals surface area contributed by atoms with E-state index in [9.17, 15) is 14.7 Å². The summed E-state index contributed by atoms with van der Waals surface area (Å²) in [6.45, 7) is 4.26. The Labute approximate surface area is 202 Å². The number of aromatic carboxylic acids is 1. The number of carboxylic acids is 1. The Kier molecular flexibility index (Phi) is 8.50. The molecular formula is C27H40N2O3S. The van der Waals surface area contributed by atoms with E-state index in [4.69, 9.17) is 0 Å². The van der Waals surface area contributed by atoms with Crippen LogP contribution in [0.4, 0.5) is 5.69 Å². The van der Waals surface area contributed by atoms with Crippen LogP contribution in [0.5, 0.6) is 0 Å². The average Bonchev–Trinajstić information content (AvgIpc) is 3.44. The van der Waals surface area contributed by atoms with Gasteiger partial charge in [-0.15, -0.1) is 11.3 Å². The Hall–Kier alpha value is -1.82. The van der Waals surface area contributed by atoms with Gasteiger partial charge in [0.05, 0.1) is 5.69 Å². The number of anilines is 1. The Balaban J connectivity index is 0.000000214. The number of fused-ring (bicyclic) bond motifs is 1. The lowest BCUT2D eigenvalue weighted by atomic mass is 9.83. The summed E-state index contributed by atoms with van der Waals surface area (Å²) in [7, 11) is 0. The lowest BCUT2D eigenvalue weighted by Gasteiger charge is -2.29. The summed E-state index contributed by atoms with van der Waals surface area (Å²) < 4.78 is 0. The number of carbonyl (C=O) groups excluding carboxylic acids is 1. The van der Waals surface area contributed by atoms with Gasteiger partial charge in [0.25, 0.3) is 0 Å². The summed E-state index contributed by atoms with van der Waals surface area (Å²) in [5.74, 6) is 1.12. The van der Waals surface area contributed by atoms with Gasteiger partial charge in [0, 0.05) is 30.4 Å². The fourth-order valence-electron chi connectivity index (χ4n) is 5.75. The van der Waals surface area contributed by atoms with Crippen LogP contribution in [0.2, 0.25) is 0 Å². The SMILES string of the molecule is CC1CCC(CNc2cc(C3=CCCCC3)sc2C(=O)O)CC1.O=C1CCC2CCCCN12. The normalized spacial score (nSPS) is 27.3. The number of hydrogen-bond acceptors (Lipinski definition) is 4. The Morgan fingerprint density at radius 1 is 1.09 bits per heavy atom.